The Labute approximate surface area is 212 Å². The molecule has 7 nitrogen and oxygen atoms in total. The van der Waals surface area contributed by atoms with Crippen LogP contribution in [0.3, 0.4) is 0 Å². The van der Waals surface area contributed by atoms with Gasteiger partial charge in [-0.05, 0) is 54.3 Å². The van der Waals surface area contributed by atoms with Crippen molar-refractivity contribution in [3.8, 4) is 11.1 Å². The molecule has 0 saturated carbocycles. The standard InChI is InChI=1S/C27H26F3N5O2/c1-17(18-2-4-19(5-3-18)23-11-10-22(29)16-24(23)30)35-15-14-27(37-26(35)36,13-12-25(31)33-34-32)20-6-8-21(28)9-7-20/h2-11,16-17H,12-15H2,1H3,(H3,31,32,33)/t17-,27+/m0/s1. The molecule has 37 heavy (non-hydrogen) atoms. The van der Waals surface area contributed by atoms with Gasteiger partial charge in [-0.2, -0.15) is 5.53 Å². The second-order valence-corrected chi connectivity index (χ2v) is 8.93. The third kappa shape index (κ3) is 5.63. The zero-order chi connectivity index (χ0) is 26.6. The lowest BCUT2D eigenvalue weighted by molar-refractivity contribution is -0.0644. The van der Waals surface area contributed by atoms with E-state index in [1.54, 1.807) is 41.3 Å². The number of amides is 1. The summed E-state index contributed by atoms with van der Waals surface area (Å²) in [7, 11) is 0. The highest BCUT2D eigenvalue weighted by molar-refractivity contribution is 5.80. The van der Waals surface area contributed by atoms with E-state index < -0.39 is 29.1 Å². The van der Waals surface area contributed by atoms with Crippen LogP contribution in [0.15, 0.2) is 77.1 Å². The monoisotopic (exact) mass is 509 g/mol. The number of hydrogen-bond donors (Lipinski definition) is 2. The predicted octanol–water partition coefficient (Wildman–Crippen LogP) is 6.65. The lowest BCUT2D eigenvalue weighted by atomic mass is 9.84. The van der Waals surface area contributed by atoms with Crippen molar-refractivity contribution in [1.82, 2.24) is 4.90 Å². The number of ether oxygens (including phenoxy) is 1. The molecule has 0 aliphatic carbocycles. The zero-order valence-corrected chi connectivity index (χ0v) is 20.1. The van der Waals surface area contributed by atoms with Crippen molar-refractivity contribution in [3.05, 3.63) is 95.3 Å². The Kier molecular flexibility index (Phi) is 7.56. The van der Waals surface area contributed by atoms with E-state index in [9.17, 15) is 18.0 Å². The molecule has 0 radical (unpaired) electrons. The van der Waals surface area contributed by atoms with Crippen LogP contribution in [0.4, 0.5) is 18.0 Å². The van der Waals surface area contributed by atoms with Crippen LogP contribution in [-0.2, 0) is 10.3 Å². The van der Waals surface area contributed by atoms with Gasteiger partial charge in [0.1, 0.15) is 28.9 Å². The van der Waals surface area contributed by atoms with Gasteiger partial charge in [0.2, 0.25) is 0 Å². The zero-order valence-electron chi connectivity index (χ0n) is 20.1. The molecular formula is C27H26F3N5O2. The first-order valence-electron chi connectivity index (χ1n) is 11.7. The largest absolute Gasteiger partial charge is 0.438 e. The van der Waals surface area contributed by atoms with Crippen LogP contribution in [0.5, 0.6) is 0 Å². The highest BCUT2D eigenvalue weighted by Gasteiger charge is 2.43. The first-order valence-corrected chi connectivity index (χ1v) is 11.7. The van der Waals surface area contributed by atoms with E-state index in [-0.39, 0.29) is 30.3 Å². The fourth-order valence-corrected chi connectivity index (χ4v) is 4.59. The highest BCUT2D eigenvalue weighted by atomic mass is 19.1. The van der Waals surface area contributed by atoms with Gasteiger partial charge < -0.3 is 15.4 Å². The summed E-state index contributed by atoms with van der Waals surface area (Å²) in [6, 6.07) is 15.9. The minimum atomic E-state index is -1.05. The fraction of sp³-hybridized carbons (Fsp3) is 0.259. The topological polar surface area (TPSA) is 104 Å². The van der Waals surface area contributed by atoms with Gasteiger partial charge in [-0.25, -0.2) is 18.0 Å². The van der Waals surface area contributed by atoms with Crippen LogP contribution >= 0.6 is 0 Å². The molecule has 192 valence electrons. The summed E-state index contributed by atoms with van der Waals surface area (Å²) >= 11 is 0. The van der Waals surface area contributed by atoms with Crippen molar-refractivity contribution in [2.75, 3.05) is 6.54 Å². The molecule has 1 amide bonds. The maximum Gasteiger partial charge on any atom is 0.411 e. The summed E-state index contributed by atoms with van der Waals surface area (Å²) in [6.45, 7) is 2.21. The predicted molar refractivity (Wildman–Crippen MR) is 132 cm³/mol. The van der Waals surface area contributed by atoms with Crippen LogP contribution in [0.1, 0.15) is 43.4 Å². The van der Waals surface area contributed by atoms with Crippen molar-refractivity contribution in [3.63, 3.8) is 0 Å². The Balaban J connectivity index is 1.53. The molecule has 1 fully saturated rings. The van der Waals surface area contributed by atoms with Crippen LogP contribution < -0.4 is 5.73 Å². The van der Waals surface area contributed by atoms with Crippen molar-refractivity contribution in [1.29, 1.82) is 5.53 Å². The molecule has 3 aromatic carbocycles. The summed E-state index contributed by atoms with van der Waals surface area (Å²) < 4.78 is 47.0. The van der Waals surface area contributed by atoms with Crippen molar-refractivity contribution in [2.24, 2.45) is 16.1 Å². The summed E-state index contributed by atoms with van der Waals surface area (Å²) in [5, 5.41) is 6.46. The number of benzene rings is 3. The summed E-state index contributed by atoms with van der Waals surface area (Å²) in [4.78, 5) is 14.8. The van der Waals surface area contributed by atoms with Gasteiger partial charge in [0.15, 0.2) is 0 Å². The van der Waals surface area contributed by atoms with E-state index in [2.05, 4.69) is 10.3 Å². The number of nitrogens with two attached hydrogens (primary N) is 1. The molecule has 0 aromatic heterocycles. The van der Waals surface area contributed by atoms with Crippen LogP contribution in [-0.4, -0.2) is 23.4 Å². The summed E-state index contributed by atoms with van der Waals surface area (Å²) in [5.74, 6) is -1.58. The van der Waals surface area contributed by atoms with Gasteiger partial charge in [0.25, 0.3) is 0 Å². The first kappa shape index (κ1) is 25.9. The number of rotatable bonds is 8. The molecular weight excluding hydrogens is 483 g/mol. The Morgan fingerprint density at radius 2 is 1.76 bits per heavy atom. The van der Waals surface area contributed by atoms with Gasteiger partial charge >= 0.3 is 6.09 Å². The number of nitrogens with zero attached hydrogens (tertiary/aromatic N) is 3. The fourth-order valence-electron chi connectivity index (χ4n) is 4.59. The molecule has 4 rings (SSSR count). The molecule has 10 heteroatoms. The Morgan fingerprint density at radius 1 is 1.08 bits per heavy atom. The van der Waals surface area contributed by atoms with E-state index in [0.717, 1.165) is 11.6 Å². The molecule has 0 spiro atoms. The number of cyclic esters (lactones) is 1. The number of carbonyl (C=O) groups is 1. The van der Waals surface area contributed by atoms with Crippen LogP contribution in [0.25, 0.3) is 11.1 Å². The Morgan fingerprint density at radius 3 is 2.38 bits per heavy atom. The second kappa shape index (κ2) is 10.8. The smallest absolute Gasteiger partial charge is 0.411 e. The summed E-state index contributed by atoms with van der Waals surface area (Å²) in [5.41, 5.74) is 13.9. The molecule has 1 heterocycles. The molecule has 1 aliphatic rings. The van der Waals surface area contributed by atoms with E-state index in [1.165, 1.54) is 24.3 Å². The highest BCUT2D eigenvalue weighted by Crippen LogP contribution is 2.40. The molecule has 0 unspecified atom stereocenters. The van der Waals surface area contributed by atoms with Gasteiger partial charge in [0, 0.05) is 31.0 Å². The van der Waals surface area contributed by atoms with E-state index in [0.29, 0.717) is 24.1 Å². The van der Waals surface area contributed by atoms with Gasteiger partial charge in [0.05, 0.1) is 6.04 Å². The van der Waals surface area contributed by atoms with E-state index in [1.807, 2.05) is 6.92 Å². The third-order valence-corrected chi connectivity index (χ3v) is 6.71. The van der Waals surface area contributed by atoms with E-state index in [4.69, 9.17) is 16.0 Å². The van der Waals surface area contributed by atoms with Crippen molar-refractivity contribution < 1.29 is 22.7 Å². The van der Waals surface area contributed by atoms with Crippen molar-refractivity contribution in [2.45, 2.75) is 37.8 Å². The molecule has 0 bridgehead atoms. The third-order valence-electron chi connectivity index (χ3n) is 6.71. The Bertz CT molecular complexity index is 1310. The van der Waals surface area contributed by atoms with E-state index >= 15 is 0 Å². The number of nitrogens with one attached hydrogen (secondary N) is 1. The lowest BCUT2D eigenvalue weighted by Crippen LogP contribution is -2.49. The minimum Gasteiger partial charge on any atom is -0.438 e. The molecule has 1 saturated heterocycles. The molecule has 1 aliphatic heterocycles. The first-order chi connectivity index (χ1) is 17.7. The van der Waals surface area contributed by atoms with Crippen LogP contribution in [0.2, 0.25) is 0 Å². The Hall–Kier alpha value is -4.21. The number of halogens is 3. The molecule has 2 atom stereocenters. The number of hydrogen-bond acceptors (Lipinski definition) is 4. The molecule has 3 aromatic rings. The SMILES string of the molecule is C[C@@H](c1ccc(-c2ccc(F)cc2F)cc1)N1CC[C@](CCC(N)=NN=N)(c2ccc(F)cc2)OC1=O. The minimum absolute atomic E-state index is 0.126. The second-order valence-electron chi connectivity index (χ2n) is 8.93. The number of carbonyl (C=O) groups excluding carboxylic acids is 1. The van der Waals surface area contributed by atoms with Gasteiger partial charge in [-0.3, -0.25) is 0 Å². The molecule has 3 N–H and O–H groups in total. The van der Waals surface area contributed by atoms with Gasteiger partial charge in [-0.15, -0.1) is 5.10 Å². The quantitative estimate of drug-likeness (QED) is 0.154. The average molecular weight is 510 g/mol. The average Bonchev–Trinajstić information content (AvgIpc) is 2.88. The van der Waals surface area contributed by atoms with Gasteiger partial charge in [-0.1, -0.05) is 41.6 Å². The van der Waals surface area contributed by atoms with Crippen LogP contribution in [0, 0.1) is 23.0 Å². The maximum absolute atomic E-state index is 14.2. The lowest BCUT2D eigenvalue weighted by Gasteiger charge is -2.43. The number of amidine groups is 1. The maximum atomic E-state index is 14.2. The summed E-state index contributed by atoms with van der Waals surface area (Å²) in [6.07, 6.45) is 0.385. The van der Waals surface area contributed by atoms with Crippen molar-refractivity contribution >= 4 is 11.9 Å². The normalized spacial score (nSPS) is 18.9.